The maximum atomic E-state index is 12.1. The van der Waals surface area contributed by atoms with E-state index in [0.29, 0.717) is 0 Å². The van der Waals surface area contributed by atoms with E-state index in [1.54, 1.807) is 0 Å². The van der Waals surface area contributed by atoms with Gasteiger partial charge in [-0.05, 0) is 6.92 Å². The van der Waals surface area contributed by atoms with Gasteiger partial charge in [0.05, 0.1) is 24.8 Å². The Bertz CT molecular complexity index is 559. The van der Waals surface area contributed by atoms with E-state index < -0.39 is 17.7 Å². The van der Waals surface area contributed by atoms with Gasteiger partial charge < -0.3 is 5.11 Å². The van der Waals surface area contributed by atoms with Crippen molar-refractivity contribution in [1.82, 2.24) is 19.9 Å². The number of ketones is 1. The molecule has 6 nitrogen and oxygen atoms in total. The van der Waals surface area contributed by atoms with E-state index in [4.69, 9.17) is 5.11 Å². The molecule has 2 aromatic rings. The number of aromatic nitrogens is 4. The van der Waals surface area contributed by atoms with Crippen molar-refractivity contribution in [2.24, 2.45) is 0 Å². The molecule has 0 radical (unpaired) electrons. The Morgan fingerprint density at radius 2 is 1.45 bits per heavy atom. The predicted molar refractivity (Wildman–Crippen MR) is 64.6 cm³/mol. The summed E-state index contributed by atoms with van der Waals surface area (Å²) in [6, 6.07) is 0. The van der Waals surface area contributed by atoms with Crippen LogP contribution in [0.25, 0.3) is 0 Å². The minimum atomic E-state index is -0.736. The first-order valence-electron chi connectivity index (χ1n) is 5.54. The molecule has 0 aliphatic rings. The fraction of sp³-hybridized carbons (Fsp3) is 0.250. The lowest BCUT2D eigenvalue weighted by Crippen LogP contribution is -1.99. The second-order valence-electron chi connectivity index (χ2n) is 3.72. The number of nitrogens with zero attached hydrogens (tertiary/aromatic N) is 4. The Balaban J connectivity index is 0.000000200. The standard InChI is InChI=1S/C6H7FN2O.C6H5FN2O/c2*1-4(10)6-8-2-5(7)3-9-6/h2-4,10H,1H3;2-3H,1H3. The van der Waals surface area contributed by atoms with E-state index in [1.807, 2.05) is 0 Å². The van der Waals surface area contributed by atoms with Crippen LogP contribution in [0.2, 0.25) is 0 Å². The summed E-state index contributed by atoms with van der Waals surface area (Å²) in [4.78, 5) is 24.5. The number of halogens is 2. The average molecular weight is 282 g/mol. The number of aliphatic hydroxyl groups is 1. The van der Waals surface area contributed by atoms with Gasteiger partial charge in [0.15, 0.2) is 29.1 Å². The molecule has 0 aromatic carbocycles. The van der Waals surface area contributed by atoms with Crippen molar-refractivity contribution in [3.63, 3.8) is 0 Å². The Hall–Kier alpha value is -2.35. The van der Waals surface area contributed by atoms with Crippen molar-refractivity contribution in [2.75, 3.05) is 0 Å². The van der Waals surface area contributed by atoms with Gasteiger partial charge in [0.2, 0.25) is 0 Å². The monoisotopic (exact) mass is 282 g/mol. The Morgan fingerprint density at radius 3 is 1.80 bits per heavy atom. The first kappa shape index (κ1) is 15.7. The van der Waals surface area contributed by atoms with E-state index in [0.717, 1.165) is 24.8 Å². The lowest BCUT2D eigenvalue weighted by Gasteiger charge is -1.99. The van der Waals surface area contributed by atoms with Crippen molar-refractivity contribution in [2.45, 2.75) is 20.0 Å². The second-order valence-corrected chi connectivity index (χ2v) is 3.72. The Kier molecular flexibility index (Phi) is 5.73. The van der Waals surface area contributed by atoms with Gasteiger partial charge in [-0.3, -0.25) is 4.79 Å². The highest BCUT2D eigenvalue weighted by Crippen LogP contribution is 2.03. The van der Waals surface area contributed by atoms with Crippen molar-refractivity contribution in [3.05, 3.63) is 48.1 Å². The van der Waals surface area contributed by atoms with Gasteiger partial charge in [0.1, 0.15) is 6.10 Å². The highest BCUT2D eigenvalue weighted by Gasteiger charge is 2.02. The predicted octanol–water partition coefficient (Wildman–Crippen LogP) is 1.49. The molecule has 20 heavy (non-hydrogen) atoms. The molecular weight excluding hydrogens is 270 g/mol. The quantitative estimate of drug-likeness (QED) is 0.839. The third kappa shape index (κ3) is 5.11. The van der Waals surface area contributed by atoms with E-state index in [2.05, 4.69) is 19.9 Å². The normalized spacial score (nSPS) is 11.2. The van der Waals surface area contributed by atoms with Crippen molar-refractivity contribution in [3.8, 4) is 0 Å². The number of rotatable bonds is 2. The molecule has 2 heterocycles. The van der Waals surface area contributed by atoms with Gasteiger partial charge in [0, 0.05) is 6.92 Å². The van der Waals surface area contributed by atoms with Crippen LogP contribution in [-0.4, -0.2) is 30.8 Å². The molecule has 106 valence electrons. The number of hydrogen-bond acceptors (Lipinski definition) is 6. The molecule has 8 heteroatoms. The smallest absolute Gasteiger partial charge is 0.196 e. The summed E-state index contributed by atoms with van der Waals surface area (Å²) in [5.41, 5.74) is 0. The fourth-order valence-corrected chi connectivity index (χ4v) is 1.03. The van der Waals surface area contributed by atoms with Crippen LogP contribution >= 0.6 is 0 Å². The Morgan fingerprint density at radius 1 is 1.05 bits per heavy atom. The third-order valence-corrected chi connectivity index (χ3v) is 1.95. The topological polar surface area (TPSA) is 88.9 Å². The van der Waals surface area contributed by atoms with E-state index in [-0.39, 0.29) is 17.4 Å². The van der Waals surface area contributed by atoms with Gasteiger partial charge in [-0.1, -0.05) is 0 Å². The van der Waals surface area contributed by atoms with Crippen LogP contribution in [0, 0.1) is 11.6 Å². The van der Waals surface area contributed by atoms with E-state index >= 15 is 0 Å². The summed E-state index contributed by atoms with van der Waals surface area (Å²) < 4.78 is 24.3. The second kappa shape index (κ2) is 7.29. The molecule has 0 saturated heterocycles. The van der Waals surface area contributed by atoms with Gasteiger partial charge in [-0.15, -0.1) is 0 Å². The summed E-state index contributed by atoms with van der Waals surface area (Å²) in [6.07, 6.45) is 3.23. The molecule has 2 aromatic heterocycles. The zero-order chi connectivity index (χ0) is 15.1. The van der Waals surface area contributed by atoms with Gasteiger partial charge >= 0.3 is 0 Å². The maximum absolute atomic E-state index is 12.1. The van der Waals surface area contributed by atoms with E-state index in [1.165, 1.54) is 13.8 Å². The molecular formula is C12H12F2N4O2. The summed E-state index contributed by atoms with van der Waals surface area (Å²) >= 11 is 0. The van der Waals surface area contributed by atoms with Crippen LogP contribution in [0.1, 0.15) is 36.4 Å². The molecule has 1 N–H and O–H groups in total. The molecule has 1 atom stereocenters. The summed E-state index contributed by atoms with van der Waals surface area (Å²) in [7, 11) is 0. The number of hydrogen-bond donors (Lipinski definition) is 1. The lowest BCUT2D eigenvalue weighted by molar-refractivity contribution is 0.100. The van der Waals surface area contributed by atoms with Crippen molar-refractivity contribution in [1.29, 1.82) is 0 Å². The highest BCUT2D eigenvalue weighted by molar-refractivity contribution is 5.89. The SMILES string of the molecule is CC(=O)c1ncc(F)cn1.CC(O)c1ncc(F)cn1. The van der Waals surface area contributed by atoms with Crippen molar-refractivity contribution < 1.29 is 18.7 Å². The molecule has 0 fully saturated rings. The number of carbonyl (C=O) groups is 1. The zero-order valence-electron chi connectivity index (χ0n) is 10.8. The zero-order valence-corrected chi connectivity index (χ0v) is 10.8. The van der Waals surface area contributed by atoms with Crippen LogP contribution in [-0.2, 0) is 0 Å². The average Bonchev–Trinajstić information content (AvgIpc) is 2.40. The van der Waals surface area contributed by atoms with Crippen LogP contribution in [0.4, 0.5) is 8.78 Å². The molecule has 0 bridgehead atoms. The minimum absolute atomic E-state index is 0.0430. The summed E-state index contributed by atoms with van der Waals surface area (Å²) in [5, 5.41) is 8.87. The van der Waals surface area contributed by atoms with Crippen LogP contribution in [0.5, 0.6) is 0 Å². The summed E-state index contributed by atoms with van der Waals surface area (Å²) in [5.74, 6) is -1.02. The van der Waals surface area contributed by atoms with Crippen LogP contribution < -0.4 is 0 Å². The molecule has 2 rings (SSSR count). The molecule has 0 saturated carbocycles. The van der Waals surface area contributed by atoms with Crippen LogP contribution in [0.3, 0.4) is 0 Å². The van der Waals surface area contributed by atoms with Crippen molar-refractivity contribution >= 4 is 5.78 Å². The minimum Gasteiger partial charge on any atom is -0.385 e. The highest BCUT2D eigenvalue weighted by atomic mass is 19.1. The molecule has 0 aliphatic carbocycles. The molecule has 0 aliphatic heterocycles. The van der Waals surface area contributed by atoms with Gasteiger partial charge in [0.25, 0.3) is 0 Å². The van der Waals surface area contributed by atoms with Gasteiger partial charge in [-0.25, -0.2) is 28.7 Å². The van der Waals surface area contributed by atoms with Gasteiger partial charge in [-0.2, -0.15) is 0 Å². The molecule has 0 spiro atoms. The fourth-order valence-electron chi connectivity index (χ4n) is 1.03. The molecule has 1 unspecified atom stereocenters. The van der Waals surface area contributed by atoms with E-state index in [9.17, 15) is 13.6 Å². The third-order valence-electron chi connectivity index (χ3n) is 1.95. The molecule has 0 amide bonds. The number of aliphatic hydroxyl groups excluding tert-OH is 1. The lowest BCUT2D eigenvalue weighted by atomic mass is 10.4. The first-order valence-corrected chi connectivity index (χ1v) is 5.54. The largest absolute Gasteiger partial charge is 0.385 e. The summed E-state index contributed by atoms with van der Waals surface area (Å²) in [6.45, 7) is 2.85. The van der Waals surface area contributed by atoms with Crippen LogP contribution in [0.15, 0.2) is 24.8 Å². The first-order chi connectivity index (χ1) is 9.40. The number of carbonyl (C=O) groups excluding carboxylic acids is 1. The maximum Gasteiger partial charge on any atom is 0.196 e. The Labute approximate surface area is 113 Å². The number of Topliss-reactive ketones (excluding diaryl/α,β-unsaturated/α-hetero) is 1.